The maximum Gasteiger partial charge on any atom is 0.408 e. The van der Waals surface area contributed by atoms with Crippen LogP contribution in [0.2, 0.25) is 0 Å². The van der Waals surface area contributed by atoms with Gasteiger partial charge >= 0.3 is 24.0 Å². The molecule has 1 aliphatic heterocycles. The molecule has 1 heterocycles. The lowest BCUT2D eigenvalue weighted by Gasteiger charge is -2.61. The standard InChI is InChI=1S/C39H54N2O12/c1-21(2)20-49-35(45)26(41-36(46)53-37(5,6)7)10-12-29(42)40-18-15-30(43)50-23(4)34(44)51-28-14-17-39(47)25-19-24-9-11-27(48-8)32-31(24)38(39,33(28)52-32)16-13-22(25)3/h9,11,14,21-23,25-26,33,47H,10,12-13,15-20H2,1-8H3,(H,40,42)(H,41,46)/t22?,23-,25-,26-,33-,38-,39+/m0/s1. The lowest BCUT2D eigenvalue weighted by atomic mass is 9.45. The van der Waals surface area contributed by atoms with Gasteiger partial charge in [-0.05, 0) is 95.3 Å². The van der Waals surface area contributed by atoms with Gasteiger partial charge in [-0.15, -0.1) is 0 Å². The number of benzene rings is 1. The van der Waals surface area contributed by atoms with Crippen LogP contribution < -0.4 is 20.1 Å². The molecule has 53 heavy (non-hydrogen) atoms. The molecule has 0 saturated heterocycles. The van der Waals surface area contributed by atoms with E-state index in [4.69, 9.17) is 28.4 Å². The number of nitrogens with one attached hydrogen (secondary N) is 2. The van der Waals surface area contributed by atoms with Crippen molar-refractivity contribution in [3.63, 3.8) is 0 Å². The maximum absolute atomic E-state index is 13.3. The molecule has 14 heteroatoms. The Bertz CT molecular complexity index is 1630. The molecule has 1 spiro atoms. The molecule has 1 unspecified atom stereocenters. The second-order valence-electron chi connectivity index (χ2n) is 16.1. The number of carbonyl (C=O) groups excluding carboxylic acids is 5. The van der Waals surface area contributed by atoms with Crippen LogP contribution in [0.1, 0.15) is 98.1 Å². The molecule has 292 valence electrons. The predicted molar refractivity (Wildman–Crippen MR) is 190 cm³/mol. The molecule has 3 N–H and O–H groups in total. The van der Waals surface area contributed by atoms with Crippen LogP contribution in [0.3, 0.4) is 0 Å². The summed E-state index contributed by atoms with van der Waals surface area (Å²) in [5.74, 6) is -0.950. The zero-order chi connectivity index (χ0) is 38.9. The zero-order valence-electron chi connectivity index (χ0n) is 32.0. The first-order valence-corrected chi connectivity index (χ1v) is 18.5. The summed E-state index contributed by atoms with van der Waals surface area (Å²) in [6, 6.07) is 2.79. The third-order valence-corrected chi connectivity index (χ3v) is 10.6. The van der Waals surface area contributed by atoms with Crippen molar-refractivity contribution < 1.29 is 57.5 Å². The van der Waals surface area contributed by atoms with Crippen LogP contribution in [0, 0.1) is 17.8 Å². The van der Waals surface area contributed by atoms with E-state index in [9.17, 15) is 29.1 Å². The van der Waals surface area contributed by atoms with Gasteiger partial charge in [-0.1, -0.05) is 26.8 Å². The fourth-order valence-electron chi connectivity index (χ4n) is 8.18. The van der Waals surface area contributed by atoms with E-state index in [1.165, 1.54) is 6.92 Å². The van der Waals surface area contributed by atoms with Gasteiger partial charge in [-0.3, -0.25) is 9.59 Å². The van der Waals surface area contributed by atoms with Crippen LogP contribution >= 0.6 is 0 Å². The Labute approximate surface area is 310 Å². The number of carbonyl (C=O) groups is 5. The van der Waals surface area contributed by atoms with E-state index >= 15 is 0 Å². The summed E-state index contributed by atoms with van der Waals surface area (Å²) in [4.78, 5) is 63.5. The minimum Gasteiger partial charge on any atom is -0.493 e. The molecule has 1 fully saturated rings. The first kappa shape index (κ1) is 39.9. The average Bonchev–Trinajstić information content (AvgIpc) is 3.43. The van der Waals surface area contributed by atoms with E-state index in [1.54, 1.807) is 34.0 Å². The Morgan fingerprint density at radius 1 is 1.08 bits per heavy atom. The van der Waals surface area contributed by atoms with Crippen LogP contribution in [0.25, 0.3) is 0 Å². The number of ether oxygens (including phenoxy) is 6. The highest BCUT2D eigenvalue weighted by molar-refractivity contribution is 5.83. The molecular weight excluding hydrogens is 688 g/mol. The second-order valence-corrected chi connectivity index (χ2v) is 16.1. The van der Waals surface area contributed by atoms with Crippen LogP contribution in [0.15, 0.2) is 24.0 Å². The molecule has 7 atom stereocenters. The summed E-state index contributed by atoms with van der Waals surface area (Å²) in [7, 11) is 1.57. The molecule has 2 amide bonds. The third-order valence-electron chi connectivity index (χ3n) is 10.6. The predicted octanol–water partition coefficient (Wildman–Crippen LogP) is 4.17. The number of alkyl carbamates (subject to hydrolysis) is 1. The van der Waals surface area contributed by atoms with Crippen molar-refractivity contribution in [1.82, 2.24) is 10.6 Å². The van der Waals surface area contributed by atoms with Crippen LogP contribution in [0.4, 0.5) is 4.79 Å². The fraction of sp³-hybridized carbons (Fsp3) is 0.667. The number of hydrogen-bond acceptors (Lipinski definition) is 12. The molecule has 1 aromatic carbocycles. The minimum absolute atomic E-state index is 0.00428. The summed E-state index contributed by atoms with van der Waals surface area (Å²) < 4.78 is 33.9. The number of esters is 3. The molecule has 4 aliphatic rings. The van der Waals surface area contributed by atoms with E-state index in [1.807, 2.05) is 26.0 Å². The summed E-state index contributed by atoms with van der Waals surface area (Å²) in [5, 5.41) is 17.5. The highest BCUT2D eigenvalue weighted by Crippen LogP contribution is 2.68. The van der Waals surface area contributed by atoms with E-state index in [2.05, 4.69) is 17.6 Å². The van der Waals surface area contributed by atoms with Crippen LogP contribution in [0.5, 0.6) is 11.5 Å². The van der Waals surface area contributed by atoms with Crippen molar-refractivity contribution in [2.45, 2.75) is 128 Å². The van der Waals surface area contributed by atoms with Gasteiger partial charge in [-0.2, -0.15) is 0 Å². The SMILES string of the molecule is COc1ccc2c3c1O[C@H]1C(OC(=O)[C@H](C)OC(=O)CCNC(=O)CC[C@H](NC(=O)OC(C)(C)C)C(=O)OCC(C)C)=CC[C@@]4(O)[C@@H](C2)C(C)CC[C@]314. The zero-order valence-corrected chi connectivity index (χ0v) is 32.0. The molecular formula is C39H54N2O12. The highest BCUT2D eigenvalue weighted by Gasteiger charge is 2.72. The van der Waals surface area contributed by atoms with E-state index < -0.39 is 64.8 Å². The van der Waals surface area contributed by atoms with Gasteiger partial charge in [0.2, 0.25) is 5.91 Å². The molecule has 0 radical (unpaired) electrons. The molecule has 3 aliphatic carbocycles. The lowest BCUT2D eigenvalue weighted by molar-refractivity contribution is -0.176. The van der Waals surface area contributed by atoms with Crippen molar-refractivity contribution in [3.8, 4) is 11.5 Å². The largest absolute Gasteiger partial charge is 0.493 e. The van der Waals surface area contributed by atoms with Gasteiger partial charge in [0.05, 0.1) is 31.2 Å². The first-order chi connectivity index (χ1) is 24.9. The molecule has 0 aromatic heterocycles. The van der Waals surface area contributed by atoms with Gasteiger partial charge in [-0.25, -0.2) is 14.4 Å². The number of methoxy groups -OCH3 is 1. The Balaban J connectivity index is 1.13. The fourth-order valence-corrected chi connectivity index (χ4v) is 8.18. The monoisotopic (exact) mass is 742 g/mol. The maximum atomic E-state index is 13.3. The third kappa shape index (κ3) is 8.12. The van der Waals surface area contributed by atoms with Crippen molar-refractivity contribution >= 4 is 29.9 Å². The van der Waals surface area contributed by atoms with E-state index in [0.29, 0.717) is 23.8 Å². The van der Waals surface area contributed by atoms with Crippen molar-refractivity contribution in [3.05, 3.63) is 35.1 Å². The van der Waals surface area contributed by atoms with Gasteiger partial charge in [0, 0.05) is 18.5 Å². The second kappa shape index (κ2) is 15.6. The van der Waals surface area contributed by atoms with E-state index in [-0.39, 0.29) is 56.4 Å². The summed E-state index contributed by atoms with van der Waals surface area (Å²) in [6.45, 7) is 12.4. The topological polar surface area (TPSA) is 185 Å². The summed E-state index contributed by atoms with van der Waals surface area (Å²) >= 11 is 0. The van der Waals surface area contributed by atoms with Crippen LogP contribution in [-0.4, -0.2) is 84.7 Å². The van der Waals surface area contributed by atoms with Gasteiger partial charge in [0.25, 0.3) is 0 Å². The van der Waals surface area contributed by atoms with Gasteiger partial charge in [0.15, 0.2) is 23.7 Å². The van der Waals surface area contributed by atoms with Gasteiger partial charge in [0.1, 0.15) is 17.4 Å². The Hall–Kier alpha value is -4.33. The molecule has 5 rings (SSSR count). The highest BCUT2D eigenvalue weighted by atomic mass is 16.6. The smallest absolute Gasteiger partial charge is 0.408 e. The lowest BCUT2D eigenvalue weighted by Crippen LogP contribution is -2.69. The van der Waals surface area contributed by atoms with Crippen LogP contribution in [-0.2, 0) is 50.0 Å². The Morgan fingerprint density at radius 3 is 2.49 bits per heavy atom. The summed E-state index contributed by atoms with van der Waals surface area (Å²) in [6.07, 6.45) is 0.945. The average molecular weight is 743 g/mol. The molecule has 1 saturated carbocycles. The Morgan fingerprint density at radius 2 is 1.81 bits per heavy atom. The van der Waals surface area contributed by atoms with Crippen molar-refractivity contribution in [2.75, 3.05) is 20.3 Å². The molecule has 14 nitrogen and oxygen atoms in total. The Kier molecular flexibility index (Phi) is 11.7. The van der Waals surface area contributed by atoms with Gasteiger partial charge < -0.3 is 44.2 Å². The molecule has 2 bridgehead atoms. The molecule has 1 aromatic rings. The first-order valence-electron chi connectivity index (χ1n) is 18.5. The van der Waals surface area contributed by atoms with Crippen molar-refractivity contribution in [1.29, 1.82) is 0 Å². The number of hydrogen-bond donors (Lipinski definition) is 3. The summed E-state index contributed by atoms with van der Waals surface area (Å²) in [5.41, 5.74) is -0.667. The minimum atomic E-state index is -1.27. The van der Waals surface area contributed by atoms with Crippen molar-refractivity contribution in [2.24, 2.45) is 17.8 Å². The normalized spacial score (nSPS) is 26.2. The number of aliphatic hydroxyl groups is 1. The van der Waals surface area contributed by atoms with E-state index in [0.717, 1.165) is 24.0 Å². The quantitative estimate of drug-likeness (QED) is 0.183. The number of amides is 2. The number of rotatable bonds is 14.